The fourth-order valence-corrected chi connectivity index (χ4v) is 8.37. The topological polar surface area (TPSA) is 0 Å². The highest BCUT2D eigenvalue weighted by Gasteiger charge is 2.60. The Morgan fingerprint density at radius 3 is 2.60 bits per heavy atom. The monoisotopic (exact) mass is 340 g/mol. The zero-order valence-corrected chi connectivity index (χ0v) is 17.0. The van der Waals surface area contributed by atoms with E-state index in [-0.39, 0.29) is 0 Å². The van der Waals surface area contributed by atoms with Gasteiger partial charge in [0.15, 0.2) is 0 Å². The lowest BCUT2D eigenvalue weighted by atomic mass is 9.44. The van der Waals surface area contributed by atoms with Crippen LogP contribution in [0.4, 0.5) is 0 Å². The minimum absolute atomic E-state index is 0.464. The Hall–Kier alpha value is -0.520. The molecule has 0 aromatic carbocycles. The molecule has 0 N–H and O–H groups in total. The van der Waals surface area contributed by atoms with Gasteiger partial charge in [0.1, 0.15) is 0 Å². The molecule has 0 heteroatoms. The van der Waals surface area contributed by atoms with Gasteiger partial charge in [-0.2, -0.15) is 0 Å². The predicted molar refractivity (Wildman–Crippen MR) is 108 cm³/mol. The van der Waals surface area contributed by atoms with Gasteiger partial charge in [-0.05, 0) is 111 Å². The van der Waals surface area contributed by atoms with Crippen LogP contribution in [-0.2, 0) is 0 Å². The van der Waals surface area contributed by atoms with Gasteiger partial charge in [-0.3, -0.25) is 0 Å². The van der Waals surface area contributed by atoms with E-state index in [1.807, 2.05) is 0 Å². The highest BCUT2D eigenvalue weighted by atomic mass is 14.6. The van der Waals surface area contributed by atoms with Crippen molar-refractivity contribution in [3.05, 3.63) is 24.8 Å². The van der Waals surface area contributed by atoms with Gasteiger partial charge in [0.2, 0.25) is 0 Å². The SMILES string of the molecule is C=CC12CCC3C(CCC4C[C@H](C)CCC43C)C1CCC2C/C=C\C. The van der Waals surface area contributed by atoms with Crippen LogP contribution in [0.25, 0.3) is 0 Å². The second kappa shape index (κ2) is 6.58. The first-order chi connectivity index (χ1) is 12.0. The summed E-state index contributed by atoms with van der Waals surface area (Å²) in [6.45, 7) is 11.8. The maximum atomic E-state index is 4.40. The Morgan fingerprint density at radius 1 is 1.00 bits per heavy atom. The van der Waals surface area contributed by atoms with Crippen LogP contribution in [0, 0.1) is 46.3 Å². The number of allylic oxidation sites excluding steroid dienone is 3. The molecule has 0 spiro atoms. The van der Waals surface area contributed by atoms with E-state index in [0.29, 0.717) is 10.8 Å². The van der Waals surface area contributed by atoms with Crippen molar-refractivity contribution in [2.24, 2.45) is 46.3 Å². The van der Waals surface area contributed by atoms with Crippen LogP contribution in [-0.4, -0.2) is 0 Å². The number of fused-ring (bicyclic) bond motifs is 5. The molecular weight excluding hydrogens is 300 g/mol. The average Bonchev–Trinajstić information content (AvgIpc) is 2.99. The first-order valence-electron chi connectivity index (χ1n) is 11.3. The molecule has 0 saturated heterocycles. The summed E-state index contributed by atoms with van der Waals surface area (Å²) in [5, 5.41) is 0. The van der Waals surface area contributed by atoms with E-state index in [0.717, 1.165) is 35.5 Å². The van der Waals surface area contributed by atoms with Gasteiger partial charge in [0.25, 0.3) is 0 Å². The highest BCUT2D eigenvalue weighted by molar-refractivity contribution is 5.16. The molecule has 4 rings (SSSR count). The lowest BCUT2D eigenvalue weighted by Crippen LogP contribution is -2.53. The molecule has 0 nitrogen and oxygen atoms in total. The summed E-state index contributed by atoms with van der Waals surface area (Å²) in [5.41, 5.74) is 1.12. The average molecular weight is 341 g/mol. The molecule has 0 aromatic heterocycles. The lowest BCUT2D eigenvalue weighted by Gasteiger charge is -2.61. The first kappa shape index (κ1) is 17.9. The van der Waals surface area contributed by atoms with E-state index in [4.69, 9.17) is 0 Å². The summed E-state index contributed by atoms with van der Waals surface area (Å²) < 4.78 is 0. The zero-order chi connectivity index (χ0) is 17.7. The van der Waals surface area contributed by atoms with Crippen molar-refractivity contribution in [2.45, 2.75) is 85.0 Å². The molecule has 7 unspecified atom stereocenters. The van der Waals surface area contributed by atoms with E-state index in [2.05, 4.69) is 45.6 Å². The first-order valence-corrected chi connectivity index (χ1v) is 11.3. The molecule has 0 heterocycles. The largest absolute Gasteiger partial charge is 0.103 e. The van der Waals surface area contributed by atoms with Crippen molar-refractivity contribution in [2.75, 3.05) is 0 Å². The second-order valence-electron chi connectivity index (χ2n) is 10.5. The normalized spacial score (nSPS) is 52.4. The van der Waals surface area contributed by atoms with E-state index in [1.165, 1.54) is 64.2 Å². The third-order valence-corrected chi connectivity index (χ3v) is 9.73. The zero-order valence-electron chi connectivity index (χ0n) is 17.0. The molecule has 4 aliphatic carbocycles. The van der Waals surface area contributed by atoms with Crippen LogP contribution >= 0.6 is 0 Å². The van der Waals surface area contributed by atoms with E-state index >= 15 is 0 Å². The van der Waals surface area contributed by atoms with E-state index in [9.17, 15) is 0 Å². The van der Waals surface area contributed by atoms with Crippen LogP contribution in [0.3, 0.4) is 0 Å². The summed E-state index contributed by atoms with van der Waals surface area (Å²) in [7, 11) is 0. The Labute approximate surface area is 156 Å². The van der Waals surface area contributed by atoms with Crippen molar-refractivity contribution in [1.82, 2.24) is 0 Å². The van der Waals surface area contributed by atoms with Crippen LogP contribution < -0.4 is 0 Å². The van der Waals surface area contributed by atoms with Gasteiger partial charge < -0.3 is 0 Å². The quantitative estimate of drug-likeness (QED) is 0.469. The molecule has 4 fully saturated rings. The van der Waals surface area contributed by atoms with Gasteiger partial charge in [0, 0.05) is 0 Å². The third-order valence-electron chi connectivity index (χ3n) is 9.73. The summed E-state index contributed by atoms with van der Waals surface area (Å²) in [6, 6.07) is 0. The third kappa shape index (κ3) is 2.61. The summed E-state index contributed by atoms with van der Waals surface area (Å²) >= 11 is 0. The minimum atomic E-state index is 0.464. The predicted octanol–water partition coefficient (Wildman–Crippen LogP) is 7.41. The highest BCUT2D eigenvalue weighted by Crippen LogP contribution is 2.68. The van der Waals surface area contributed by atoms with E-state index < -0.39 is 0 Å². The van der Waals surface area contributed by atoms with Gasteiger partial charge in [-0.25, -0.2) is 0 Å². The van der Waals surface area contributed by atoms with Crippen LogP contribution in [0.15, 0.2) is 24.8 Å². The number of hydrogen-bond acceptors (Lipinski definition) is 0. The van der Waals surface area contributed by atoms with E-state index in [1.54, 1.807) is 0 Å². The standard InChI is InChI=1S/C25H40/c1-5-7-8-19-10-12-23-21-11-9-20-17-18(3)13-15-24(20,4)22(21)14-16-25(19,23)6-2/h5-7,18-23H,2,8-17H2,1,3-4H3/b7-5-/t18-,19?,20?,21?,22?,23?,24?,25?/m1/s1. The number of hydrogen-bond donors (Lipinski definition) is 0. The Bertz CT molecular complexity index is 530. The lowest BCUT2D eigenvalue weighted by molar-refractivity contribution is -0.109. The Morgan fingerprint density at radius 2 is 1.84 bits per heavy atom. The Kier molecular flexibility index (Phi) is 4.70. The Balaban J connectivity index is 1.60. The smallest absolute Gasteiger partial charge is 0.00586 e. The van der Waals surface area contributed by atoms with Crippen molar-refractivity contribution >= 4 is 0 Å². The summed E-state index contributed by atoms with van der Waals surface area (Å²) in [5.74, 6) is 5.81. The molecule has 0 bridgehead atoms. The second-order valence-corrected chi connectivity index (χ2v) is 10.5. The molecule has 0 radical (unpaired) electrons. The van der Waals surface area contributed by atoms with Crippen molar-refractivity contribution in [3.63, 3.8) is 0 Å². The molecule has 0 aromatic rings. The number of rotatable bonds is 3. The van der Waals surface area contributed by atoms with Crippen LogP contribution in [0.2, 0.25) is 0 Å². The van der Waals surface area contributed by atoms with Gasteiger partial charge in [-0.15, -0.1) is 6.58 Å². The van der Waals surface area contributed by atoms with Gasteiger partial charge in [0.05, 0.1) is 0 Å². The molecule has 0 aliphatic heterocycles. The molecule has 0 amide bonds. The molecular formula is C25H40. The van der Waals surface area contributed by atoms with Gasteiger partial charge >= 0.3 is 0 Å². The van der Waals surface area contributed by atoms with Crippen LogP contribution in [0.1, 0.15) is 85.0 Å². The minimum Gasteiger partial charge on any atom is -0.103 e. The van der Waals surface area contributed by atoms with Crippen molar-refractivity contribution < 1.29 is 0 Å². The molecule has 8 atom stereocenters. The summed E-state index contributed by atoms with van der Waals surface area (Å²) in [6.07, 6.45) is 21.8. The van der Waals surface area contributed by atoms with Gasteiger partial charge in [-0.1, -0.05) is 38.5 Å². The summed E-state index contributed by atoms with van der Waals surface area (Å²) in [4.78, 5) is 0. The van der Waals surface area contributed by atoms with Crippen molar-refractivity contribution in [3.8, 4) is 0 Å². The molecule has 4 aliphatic rings. The van der Waals surface area contributed by atoms with Crippen LogP contribution in [0.5, 0.6) is 0 Å². The molecule has 25 heavy (non-hydrogen) atoms. The molecule has 140 valence electrons. The van der Waals surface area contributed by atoms with Crippen molar-refractivity contribution in [1.29, 1.82) is 0 Å². The maximum Gasteiger partial charge on any atom is -0.00586 e. The molecule has 4 saturated carbocycles. The fourth-order valence-electron chi connectivity index (χ4n) is 8.37. The fraction of sp³-hybridized carbons (Fsp3) is 0.840. The maximum absolute atomic E-state index is 4.40.